The number of ether oxygens (including phenoxy) is 1. The first-order chi connectivity index (χ1) is 14.6. The summed E-state index contributed by atoms with van der Waals surface area (Å²) in [6.07, 6.45) is 4.10. The molecule has 0 fully saturated rings. The first kappa shape index (κ1) is 18.6. The minimum atomic E-state index is -0.0422. The molecule has 7 heteroatoms. The van der Waals surface area contributed by atoms with Gasteiger partial charge in [-0.25, -0.2) is 4.98 Å². The topological polar surface area (TPSA) is 86.9 Å². The summed E-state index contributed by atoms with van der Waals surface area (Å²) in [6.45, 7) is 4.36. The van der Waals surface area contributed by atoms with E-state index in [4.69, 9.17) is 9.72 Å². The standard InChI is InChI=1S/C23H23N5O2/c1-14-19(18-11-16(30-2)3-4-20(18)25-14)12-28-10-7-17-21(13-28)26-22(27-23(17)29)15-5-8-24-9-6-15/h3-6,8-9,11,25H,7,10,12-13H2,1-2H3,(H,26,27,29). The number of H-pyrrole nitrogens is 2. The summed E-state index contributed by atoms with van der Waals surface area (Å²) in [5, 5.41) is 1.17. The number of aryl methyl sites for hydroxylation is 1. The van der Waals surface area contributed by atoms with Gasteiger partial charge in [-0.15, -0.1) is 0 Å². The van der Waals surface area contributed by atoms with Crippen molar-refractivity contribution in [2.45, 2.75) is 26.4 Å². The first-order valence-electron chi connectivity index (χ1n) is 10.0. The minimum absolute atomic E-state index is 0.0422. The van der Waals surface area contributed by atoms with Crippen molar-refractivity contribution in [1.29, 1.82) is 0 Å². The molecule has 4 aromatic rings. The molecule has 0 saturated carbocycles. The maximum Gasteiger partial charge on any atom is 0.254 e. The van der Waals surface area contributed by atoms with Gasteiger partial charge in [0, 0.05) is 59.8 Å². The summed E-state index contributed by atoms with van der Waals surface area (Å²) in [7, 11) is 1.69. The van der Waals surface area contributed by atoms with Gasteiger partial charge in [0.1, 0.15) is 11.6 Å². The number of methoxy groups -OCH3 is 1. The van der Waals surface area contributed by atoms with Crippen LogP contribution in [0.1, 0.15) is 22.5 Å². The highest BCUT2D eigenvalue weighted by atomic mass is 16.5. The largest absolute Gasteiger partial charge is 0.497 e. The number of hydrogen-bond donors (Lipinski definition) is 2. The lowest BCUT2D eigenvalue weighted by Gasteiger charge is -2.28. The van der Waals surface area contributed by atoms with E-state index in [1.807, 2.05) is 18.2 Å². The van der Waals surface area contributed by atoms with E-state index >= 15 is 0 Å². The van der Waals surface area contributed by atoms with Crippen LogP contribution in [0, 0.1) is 6.92 Å². The summed E-state index contributed by atoms with van der Waals surface area (Å²) in [6, 6.07) is 9.81. The van der Waals surface area contributed by atoms with Gasteiger partial charge < -0.3 is 14.7 Å². The summed E-state index contributed by atoms with van der Waals surface area (Å²) in [4.78, 5) is 30.2. The van der Waals surface area contributed by atoms with Gasteiger partial charge in [0.15, 0.2) is 0 Å². The molecule has 30 heavy (non-hydrogen) atoms. The molecular weight excluding hydrogens is 378 g/mol. The Labute approximate surface area is 173 Å². The molecule has 0 bridgehead atoms. The lowest BCUT2D eigenvalue weighted by Crippen LogP contribution is -2.35. The number of hydrogen-bond acceptors (Lipinski definition) is 5. The van der Waals surface area contributed by atoms with Crippen LogP contribution in [-0.2, 0) is 19.5 Å². The number of rotatable bonds is 4. The van der Waals surface area contributed by atoms with Crippen molar-refractivity contribution in [3.63, 3.8) is 0 Å². The van der Waals surface area contributed by atoms with Crippen LogP contribution in [0.5, 0.6) is 5.75 Å². The minimum Gasteiger partial charge on any atom is -0.497 e. The highest BCUT2D eigenvalue weighted by Crippen LogP contribution is 2.29. The Morgan fingerprint density at radius 3 is 2.80 bits per heavy atom. The Balaban J connectivity index is 1.46. The first-order valence-corrected chi connectivity index (χ1v) is 10.0. The number of nitrogens with one attached hydrogen (secondary N) is 2. The zero-order valence-corrected chi connectivity index (χ0v) is 17.0. The molecule has 0 unspecified atom stereocenters. The van der Waals surface area contributed by atoms with Gasteiger partial charge >= 0.3 is 0 Å². The van der Waals surface area contributed by atoms with Crippen LogP contribution < -0.4 is 10.3 Å². The van der Waals surface area contributed by atoms with Crippen molar-refractivity contribution in [1.82, 2.24) is 24.8 Å². The van der Waals surface area contributed by atoms with Gasteiger partial charge in [-0.2, -0.15) is 0 Å². The van der Waals surface area contributed by atoms with E-state index in [-0.39, 0.29) is 5.56 Å². The second-order valence-electron chi connectivity index (χ2n) is 7.68. The van der Waals surface area contributed by atoms with Gasteiger partial charge in [0.05, 0.1) is 12.8 Å². The van der Waals surface area contributed by atoms with E-state index in [1.54, 1.807) is 19.5 Å². The van der Waals surface area contributed by atoms with Crippen LogP contribution in [-0.4, -0.2) is 38.5 Å². The summed E-state index contributed by atoms with van der Waals surface area (Å²) in [5.74, 6) is 1.44. The molecule has 7 nitrogen and oxygen atoms in total. The quantitative estimate of drug-likeness (QED) is 0.548. The second-order valence-corrected chi connectivity index (χ2v) is 7.68. The van der Waals surface area contributed by atoms with E-state index < -0.39 is 0 Å². The molecule has 5 rings (SSSR count). The average Bonchev–Trinajstić information content (AvgIpc) is 3.08. The predicted molar refractivity (Wildman–Crippen MR) is 115 cm³/mol. The fraction of sp³-hybridized carbons (Fsp3) is 0.261. The summed E-state index contributed by atoms with van der Waals surface area (Å²) < 4.78 is 5.41. The average molecular weight is 401 g/mol. The number of benzene rings is 1. The SMILES string of the molecule is COc1ccc2[nH]c(C)c(CN3CCc4c(nc(-c5ccncc5)[nH]c4=O)C3)c2c1. The van der Waals surface area contributed by atoms with Crippen LogP contribution in [0.2, 0.25) is 0 Å². The van der Waals surface area contributed by atoms with Gasteiger partial charge in [0.25, 0.3) is 5.56 Å². The third kappa shape index (κ3) is 3.27. The Kier molecular flexibility index (Phi) is 4.59. The van der Waals surface area contributed by atoms with Gasteiger partial charge in [-0.1, -0.05) is 0 Å². The molecule has 0 aliphatic carbocycles. The number of aromatic nitrogens is 4. The van der Waals surface area contributed by atoms with Crippen molar-refractivity contribution in [2.24, 2.45) is 0 Å². The van der Waals surface area contributed by atoms with E-state index in [1.165, 1.54) is 10.9 Å². The van der Waals surface area contributed by atoms with Crippen molar-refractivity contribution in [3.8, 4) is 17.1 Å². The van der Waals surface area contributed by atoms with Crippen LogP contribution in [0.3, 0.4) is 0 Å². The van der Waals surface area contributed by atoms with Crippen LogP contribution >= 0.6 is 0 Å². The smallest absolute Gasteiger partial charge is 0.254 e. The summed E-state index contributed by atoms with van der Waals surface area (Å²) >= 11 is 0. The fourth-order valence-corrected chi connectivity index (χ4v) is 4.19. The highest BCUT2D eigenvalue weighted by Gasteiger charge is 2.23. The number of pyridine rings is 1. The lowest BCUT2D eigenvalue weighted by atomic mass is 10.0. The van der Waals surface area contributed by atoms with Crippen LogP contribution in [0.15, 0.2) is 47.5 Å². The maximum absolute atomic E-state index is 12.6. The zero-order chi connectivity index (χ0) is 20.7. The molecule has 3 aromatic heterocycles. The van der Waals surface area contributed by atoms with Crippen LogP contribution in [0.4, 0.5) is 0 Å². The Hall–Kier alpha value is -3.45. The molecule has 1 aliphatic heterocycles. The van der Waals surface area contributed by atoms with E-state index in [0.29, 0.717) is 18.8 Å². The monoisotopic (exact) mass is 401 g/mol. The molecule has 1 aliphatic rings. The van der Waals surface area contributed by atoms with Crippen molar-refractivity contribution >= 4 is 10.9 Å². The molecular formula is C23H23N5O2. The maximum atomic E-state index is 12.6. The number of aromatic amines is 2. The van der Waals surface area contributed by atoms with Crippen LogP contribution in [0.25, 0.3) is 22.3 Å². The number of fused-ring (bicyclic) bond motifs is 2. The van der Waals surface area contributed by atoms with Gasteiger partial charge in [-0.3, -0.25) is 14.7 Å². The third-order valence-corrected chi connectivity index (χ3v) is 5.81. The Morgan fingerprint density at radius 1 is 1.17 bits per heavy atom. The van der Waals surface area contributed by atoms with Crippen molar-refractivity contribution in [2.75, 3.05) is 13.7 Å². The molecule has 1 aromatic carbocycles. The zero-order valence-electron chi connectivity index (χ0n) is 17.0. The molecule has 0 amide bonds. The molecule has 152 valence electrons. The highest BCUT2D eigenvalue weighted by molar-refractivity contribution is 5.86. The number of nitrogens with zero attached hydrogens (tertiary/aromatic N) is 3. The van der Waals surface area contributed by atoms with E-state index in [2.05, 4.69) is 38.9 Å². The Bertz CT molecular complexity index is 1280. The van der Waals surface area contributed by atoms with Crippen molar-refractivity contribution in [3.05, 3.63) is 75.6 Å². The molecule has 0 radical (unpaired) electrons. The normalized spacial score (nSPS) is 14.1. The summed E-state index contributed by atoms with van der Waals surface area (Å²) in [5.41, 5.74) is 5.98. The Morgan fingerprint density at radius 2 is 2.00 bits per heavy atom. The predicted octanol–water partition coefficient (Wildman–Crippen LogP) is 3.19. The molecule has 0 atom stereocenters. The fourth-order valence-electron chi connectivity index (χ4n) is 4.19. The van der Waals surface area contributed by atoms with Gasteiger partial charge in [-0.05, 0) is 49.2 Å². The molecule has 2 N–H and O–H groups in total. The molecule has 0 saturated heterocycles. The van der Waals surface area contributed by atoms with Gasteiger partial charge in [0.2, 0.25) is 0 Å². The molecule has 0 spiro atoms. The van der Waals surface area contributed by atoms with Crippen molar-refractivity contribution < 1.29 is 4.74 Å². The third-order valence-electron chi connectivity index (χ3n) is 5.81. The van der Waals surface area contributed by atoms with E-state index in [9.17, 15) is 4.79 Å². The van der Waals surface area contributed by atoms with E-state index in [0.717, 1.165) is 46.9 Å². The molecule has 4 heterocycles. The lowest BCUT2D eigenvalue weighted by molar-refractivity contribution is 0.241. The second kappa shape index (κ2) is 7.42.